The average molecular weight is 277 g/mol. The van der Waals surface area contributed by atoms with E-state index in [1.165, 1.54) is 11.1 Å². The molecule has 1 aromatic carbocycles. The van der Waals surface area contributed by atoms with Gasteiger partial charge in [-0.25, -0.2) is 0 Å². The van der Waals surface area contributed by atoms with Crippen molar-refractivity contribution in [1.29, 1.82) is 0 Å². The van der Waals surface area contributed by atoms with Crippen LogP contribution in [0.3, 0.4) is 0 Å². The first-order chi connectivity index (χ1) is 9.42. The van der Waals surface area contributed by atoms with Gasteiger partial charge < -0.3 is 10.0 Å². The summed E-state index contributed by atoms with van der Waals surface area (Å²) >= 11 is 0. The van der Waals surface area contributed by atoms with Gasteiger partial charge in [-0.1, -0.05) is 29.3 Å². The lowest BCUT2D eigenvalue weighted by atomic mass is 10.0. The van der Waals surface area contributed by atoms with Gasteiger partial charge in [0.25, 0.3) is 0 Å². The number of benzene rings is 1. The monoisotopic (exact) mass is 277 g/mol. The van der Waals surface area contributed by atoms with Crippen LogP contribution >= 0.6 is 0 Å². The van der Waals surface area contributed by atoms with E-state index < -0.39 is 5.97 Å². The second-order valence-electron chi connectivity index (χ2n) is 5.11. The zero-order chi connectivity index (χ0) is 15.1. The molecule has 0 saturated heterocycles. The van der Waals surface area contributed by atoms with Gasteiger partial charge in [0.1, 0.15) is 0 Å². The van der Waals surface area contributed by atoms with Crippen LogP contribution in [-0.4, -0.2) is 35.0 Å². The standard InChI is InChI=1S/C16H23NO3/c1-4-17(8-7-16(19)20)15(18)6-5-14-10-12(2)9-13(3)11-14/h9-11H,4-8H2,1-3H3,(H,19,20). The van der Waals surface area contributed by atoms with Gasteiger partial charge in [-0.05, 0) is 32.8 Å². The van der Waals surface area contributed by atoms with Gasteiger partial charge in [-0.15, -0.1) is 0 Å². The first-order valence-corrected chi connectivity index (χ1v) is 6.99. The van der Waals surface area contributed by atoms with Gasteiger partial charge >= 0.3 is 5.97 Å². The van der Waals surface area contributed by atoms with Crippen molar-refractivity contribution in [2.75, 3.05) is 13.1 Å². The lowest BCUT2D eigenvalue weighted by molar-refractivity contribution is -0.138. The zero-order valence-corrected chi connectivity index (χ0v) is 12.5. The number of aliphatic carboxylic acids is 1. The van der Waals surface area contributed by atoms with Crippen LogP contribution in [0.5, 0.6) is 0 Å². The lowest BCUT2D eigenvalue weighted by Gasteiger charge is -2.20. The van der Waals surface area contributed by atoms with Gasteiger partial charge in [0.2, 0.25) is 5.91 Å². The van der Waals surface area contributed by atoms with Crippen LogP contribution in [0, 0.1) is 13.8 Å². The molecule has 0 unspecified atom stereocenters. The Hall–Kier alpha value is -1.84. The van der Waals surface area contributed by atoms with Crippen molar-refractivity contribution in [3.63, 3.8) is 0 Å². The minimum atomic E-state index is -0.870. The SMILES string of the molecule is CCN(CCC(=O)O)C(=O)CCc1cc(C)cc(C)c1. The Balaban J connectivity index is 2.54. The minimum absolute atomic E-state index is 0.00311. The first-order valence-electron chi connectivity index (χ1n) is 6.99. The summed E-state index contributed by atoms with van der Waals surface area (Å²) in [6.07, 6.45) is 1.13. The molecule has 0 aliphatic carbocycles. The maximum Gasteiger partial charge on any atom is 0.305 e. The second-order valence-corrected chi connectivity index (χ2v) is 5.11. The number of carboxylic acids is 1. The van der Waals surface area contributed by atoms with E-state index in [4.69, 9.17) is 5.11 Å². The molecule has 0 aliphatic rings. The lowest BCUT2D eigenvalue weighted by Crippen LogP contribution is -2.33. The summed E-state index contributed by atoms with van der Waals surface area (Å²) in [5.41, 5.74) is 3.56. The van der Waals surface area contributed by atoms with Gasteiger partial charge in [0, 0.05) is 19.5 Å². The van der Waals surface area contributed by atoms with Crippen molar-refractivity contribution >= 4 is 11.9 Å². The molecule has 20 heavy (non-hydrogen) atoms. The Morgan fingerprint density at radius 1 is 1.10 bits per heavy atom. The molecule has 1 aromatic rings. The molecule has 4 heteroatoms. The van der Waals surface area contributed by atoms with Crippen LogP contribution in [0.2, 0.25) is 0 Å². The predicted octanol–water partition coefficient (Wildman–Crippen LogP) is 2.56. The topological polar surface area (TPSA) is 57.6 Å². The predicted molar refractivity (Wildman–Crippen MR) is 78.7 cm³/mol. The molecule has 0 atom stereocenters. The third-order valence-corrected chi connectivity index (χ3v) is 3.24. The van der Waals surface area contributed by atoms with E-state index in [1.807, 2.05) is 20.8 Å². The largest absolute Gasteiger partial charge is 0.481 e. The van der Waals surface area contributed by atoms with Gasteiger partial charge in [0.15, 0.2) is 0 Å². The van der Waals surface area contributed by atoms with Gasteiger partial charge in [-0.3, -0.25) is 9.59 Å². The number of amides is 1. The van der Waals surface area contributed by atoms with Gasteiger partial charge in [-0.2, -0.15) is 0 Å². The minimum Gasteiger partial charge on any atom is -0.481 e. The van der Waals surface area contributed by atoms with Crippen LogP contribution < -0.4 is 0 Å². The highest BCUT2D eigenvalue weighted by Crippen LogP contribution is 2.11. The third kappa shape index (κ3) is 5.43. The summed E-state index contributed by atoms with van der Waals surface area (Å²) in [7, 11) is 0. The summed E-state index contributed by atoms with van der Waals surface area (Å²) in [5, 5.41) is 8.67. The van der Waals surface area contributed by atoms with E-state index in [-0.39, 0.29) is 18.9 Å². The fourth-order valence-electron chi connectivity index (χ4n) is 2.31. The number of carbonyl (C=O) groups is 2. The maximum absolute atomic E-state index is 12.1. The molecule has 4 nitrogen and oxygen atoms in total. The van der Waals surface area contributed by atoms with Crippen molar-refractivity contribution in [1.82, 2.24) is 4.90 Å². The molecule has 0 radical (unpaired) electrons. The van der Waals surface area contributed by atoms with Crippen molar-refractivity contribution in [2.45, 2.75) is 40.0 Å². The molecule has 0 aromatic heterocycles. The van der Waals surface area contributed by atoms with Crippen LogP contribution in [0.25, 0.3) is 0 Å². The Morgan fingerprint density at radius 3 is 2.20 bits per heavy atom. The molecule has 0 heterocycles. The number of carboxylic acid groups (broad SMARTS) is 1. The molecule has 0 fully saturated rings. The summed E-state index contributed by atoms with van der Waals surface area (Å²) in [6.45, 7) is 6.81. The summed E-state index contributed by atoms with van der Waals surface area (Å²) in [5.74, 6) is -0.849. The Kier molecular flexibility index (Phi) is 6.22. The molecule has 110 valence electrons. The molecule has 0 spiro atoms. The molecule has 0 bridgehead atoms. The van der Waals surface area contributed by atoms with Crippen molar-refractivity contribution < 1.29 is 14.7 Å². The highest BCUT2D eigenvalue weighted by molar-refractivity contribution is 5.77. The van der Waals surface area contributed by atoms with Gasteiger partial charge in [0.05, 0.1) is 6.42 Å². The van der Waals surface area contributed by atoms with Crippen LogP contribution in [0.4, 0.5) is 0 Å². The Bertz CT molecular complexity index is 462. The Morgan fingerprint density at radius 2 is 1.70 bits per heavy atom. The van der Waals surface area contributed by atoms with Crippen LogP contribution in [0.15, 0.2) is 18.2 Å². The van der Waals surface area contributed by atoms with Crippen molar-refractivity contribution in [2.24, 2.45) is 0 Å². The molecule has 0 aliphatic heterocycles. The highest BCUT2D eigenvalue weighted by Gasteiger charge is 2.13. The third-order valence-electron chi connectivity index (χ3n) is 3.24. The summed E-state index contributed by atoms with van der Waals surface area (Å²) in [6, 6.07) is 6.29. The number of hydrogen-bond donors (Lipinski definition) is 1. The first kappa shape index (κ1) is 16.2. The highest BCUT2D eigenvalue weighted by atomic mass is 16.4. The molecule has 1 N–H and O–H groups in total. The smallest absolute Gasteiger partial charge is 0.305 e. The molecular weight excluding hydrogens is 254 g/mol. The molecule has 1 rings (SSSR count). The maximum atomic E-state index is 12.1. The van der Waals surface area contributed by atoms with E-state index in [0.29, 0.717) is 19.4 Å². The number of aryl methyl sites for hydroxylation is 3. The second kappa shape index (κ2) is 7.68. The fourth-order valence-corrected chi connectivity index (χ4v) is 2.31. The fraction of sp³-hybridized carbons (Fsp3) is 0.500. The van der Waals surface area contributed by atoms with E-state index in [0.717, 1.165) is 5.56 Å². The van der Waals surface area contributed by atoms with Crippen molar-refractivity contribution in [3.05, 3.63) is 34.9 Å². The number of nitrogens with zero attached hydrogens (tertiary/aromatic N) is 1. The molecule has 1 amide bonds. The quantitative estimate of drug-likeness (QED) is 0.833. The average Bonchev–Trinajstić information content (AvgIpc) is 2.35. The zero-order valence-electron chi connectivity index (χ0n) is 12.5. The van der Waals surface area contributed by atoms with E-state index in [2.05, 4.69) is 18.2 Å². The number of rotatable bonds is 7. The van der Waals surface area contributed by atoms with Crippen LogP contribution in [0.1, 0.15) is 36.5 Å². The van der Waals surface area contributed by atoms with E-state index >= 15 is 0 Å². The normalized spacial score (nSPS) is 10.3. The summed E-state index contributed by atoms with van der Waals surface area (Å²) in [4.78, 5) is 24.2. The van der Waals surface area contributed by atoms with E-state index in [1.54, 1.807) is 4.90 Å². The Labute approximate surface area is 120 Å². The number of hydrogen-bond acceptors (Lipinski definition) is 2. The van der Waals surface area contributed by atoms with E-state index in [9.17, 15) is 9.59 Å². The number of carbonyl (C=O) groups excluding carboxylic acids is 1. The summed E-state index contributed by atoms with van der Waals surface area (Å²) < 4.78 is 0. The molecule has 0 saturated carbocycles. The van der Waals surface area contributed by atoms with Crippen LogP contribution in [-0.2, 0) is 16.0 Å². The molecular formula is C16H23NO3. The van der Waals surface area contributed by atoms with Crippen molar-refractivity contribution in [3.8, 4) is 0 Å².